The molecule has 2 aliphatic heterocycles. The van der Waals surface area contributed by atoms with Gasteiger partial charge in [-0.3, -0.25) is 4.90 Å². The van der Waals surface area contributed by atoms with Crippen molar-refractivity contribution >= 4 is 0 Å². The summed E-state index contributed by atoms with van der Waals surface area (Å²) >= 11 is 0. The number of nitrogens with zero attached hydrogens (tertiary/aromatic N) is 1. The smallest absolute Gasteiger partial charge is 0.129 e. The standard InChI is InChI=1S/C14H17F2NO/c15-10-4-5-12(16)11(9-10)14(18)6-8-17-7-2-1-3-13(14)17/h4-5,9,13,18H,1-3,6-8H2. The molecule has 0 amide bonds. The van der Waals surface area contributed by atoms with Gasteiger partial charge in [0.15, 0.2) is 0 Å². The molecule has 18 heavy (non-hydrogen) atoms. The Kier molecular flexibility index (Phi) is 2.87. The molecule has 2 aliphatic rings. The van der Waals surface area contributed by atoms with Crippen LogP contribution in [0.5, 0.6) is 0 Å². The maximum atomic E-state index is 13.9. The topological polar surface area (TPSA) is 23.5 Å². The van der Waals surface area contributed by atoms with Gasteiger partial charge in [-0.1, -0.05) is 6.42 Å². The van der Waals surface area contributed by atoms with Crippen molar-refractivity contribution in [3.05, 3.63) is 35.4 Å². The summed E-state index contributed by atoms with van der Waals surface area (Å²) < 4.78 is 27.2. The van der Waals surface area contributed by atoms with Crippen molar-refractivity contribution in [1.82, 2.24) is 4.90 Å². The molecule has 1 aromatic rings. The zero-order valence-corrected chi connectivity index (χ0v) is 10.2. The van der Waals surface area contributed by atoms with Gasteiger partial charge < -0.3 is 5.11 Å². The third-order valence-corrected chi connectivity index (χ3v) is 4.34. The van der Waals surface area contributed by atoms with E-state index in [1.54, 1.807) is 0 Å². The fraction of sp³-hybridized carbons (Fsp3) is 0.571. The lowest BCUT2D eigenvalue weighted by Crippen LogP contribution is -2.45. The van der Waals surface area contributed by atoms with E-state index in [0.717, 1.165) is 50.6 Å². The molecular formula is C14H17F2NO. The second-order valence-electron chi connectivity index (χ2n) is 5.35. The average molecular weight is 253 g/mol. The molecule has 0 bridgehead atoms. The van der Waals surface area contributed by atoms with Gasteiger partial charge in [0, 0.05) is 18.2 Å². The van der Waals surface area contributed by atoms with E-state index in [1.165, 1.54) is 0 Å². The van der Waals surface area contributed by atoms with Crippen molar-refractivity contribution in [3.8, 4) is 0 Å². The highest BCUT2D eigenvalue weighted by atomic mass is 19.1. The molecule has 2 nitrogen and oxygen atoms in total. The predicted molar refractivity (Wildman–Crippen MR) is 64.1 cm³/mol. The molecule has 3 rings (SSSR count). The van der Waals surface area contributed by atoms with E-state index in [1.807, 2.05) is 0 Å². The van der Waals surface area contributed by atoms with E-state index in [4.69, 9.17) is 0 Å². The molecule has 0 aliphatic carbocycles. The van der Waals surface area contributed by atoms with Crippen LogP contribution in [0.25, 0.3) is 0 Å². The monoisotopic (exact) mass is 253 g/mol. The summed E-state index contributed by atoms with van der Waals surface area (Å²) in [6.07, 6.45) is 3.50. The number of rotatable bonds is 1. The molecule has 0 aromatic heterocycles. The van der Waals surface area contributed by atoms with E-state index in [9.17, 15) is 13.9 Å². The minimum Gasteiger partial charge on any atom is -0.383 e. The van der Waals surface area contributed by atoms with E-state index in [-0.39, 0.29) is 11.6 Å². The average Bonchev–Trinajstić information content (AvgIpc) is 2.72. The fourth-order valence-corrected chi connectivity index (χ4v) is 3.42. The van der Waals surface area contributed by atoms with Crippen LogP contribution in [0.15, 0.2) is 18.2 Å². The Hall–Kier alpha value is -1.00. The SMILES string of the molecule is OC1(c2cc(F)ccc2F)CCN2CCCCC21. The third-order valence-electron chi connectivity index (χ3n) is 4.34. The first kappa shape index (κ1) is 12.1. The molecule has 98 valence electrons. The Morgan fingerprint density at radius 2 is 2.06 bits per heavy atom. The van der Waals surface area contributed by atoms with Gasteiger partial charge in [0.2, 0.25) is 0 Å². The number of hydrogen-bond acceptors (Lipinski definition) is 2. The van der Waals surface area contributed by atoms with E-state index >= 15 is 0 Å². The van der Waals surface area contributed by atoms with Crippen LogP contribution in [0.2, 0.25) is 0 Å². The summed E-state index contributed by atoms with van der Waals surface area (Å²) in [6.45, 7) is 1.71. The number of benzene rings is 1. The van der Waals surface area contributed by atoms with Crippen LogP contribution in [-0.4, -0.2) is 29.1 Å². The maximum absolute atomic E-state index is 13.9. The maximum Gasteiger partial charge on any atom is 0.129 e. The van der Waals surface area contributed by atoms with Gasteiger partial charge in [0.1, 0.15) is 17.2 Å². The summed E-state index contributed by atoms with van der Waals surface area (Å²) in [5.74, 6) is -1.000. The van der Waals surface area contributed by atoms with Crippen LogP contribution in [0.3, 0.4) is 0 Å². The largest absolute Gasteiger partial charge is 0.383 e. The molecule has 2 heterocycles. The lowest BCUT2D eigenvalue weighted by molar-refractivity contribution is -0.0167. The zero-order valence-electron chi connectivity index (χ0n) is 10.2. The predicted octanol–water partition coefficient (Wildman–Crippen LogP) is 2.41. The zero-order chi connectivity index (χ0) is 12.8. The number of aliphatic hydroxyl groups is 1. The molecule has 1 aromatic carbocycles. The summed E-state index contributed by atoms with van der Waals surface area (Å²) in [6, 6.07) is 3.28. The summed E-state index contributed by atoms with van der Waals surface area (Å²) in [4.78, 5) is 2.20. The van der Waals surface area contributed by atoms with Crippen molar-refractivity contribution in [2.24, 2.45) is 0 Å². The Labute approximate surface area is 105 Å². The second kappa shape index (κ2) is 4.28. The highest BCUT2D eigenvalue weighted by molar-refractivity contribution is 5.29. The Bertz CT molecular complexity index is 465. The van der Waals surface area contributed by atoms with Gasteiger partial charge in [-0.2, -0.15) is 0 Å². The second-order valence-corrected chi connectivity index (χ2v) is 5.35. The lowest BCUT2D eigenvalue weighted by atomic mass is 9.82. The van der Waals surface area contributed by atoms with E-state index < -0.39 is 17.2 Å². The fourth-order valence-electron chi connectivity index (χ4n) is 3.42. The molecule has 0 radical (unpaired) electrons. The van der Waals surface area contributed by atoms with Crippen LogP contribution in [0.4, 0.5) is 8.78 Å². The van der Waals surface area contributed by atoms with Crippen LogP contribution in [-0.2, 0) is 5.60 Å². The van der Waals surface area contributed by atoms with Gasteiger partial charge in [-0.15, -0.1) is 0 Å². The van der Waals surface area contributed by atoms with Gasteiger partial charge >= 0.3 is 0 Å². The first-order valence-corrected chi connectivity index (χ1v) is 6.53. The van der Waals surface area contributed by atoms with Crippen molar-refractivity contribution in [2.45, 2.75) is 37.3 Å². The van der Waals surface area contributed by atoms with E-state index in [0.29, 0.717) is 6.42 Å². The van der Waals surface area contributed by atoms with Gasteiger partial charge in [-0.25, -0.2) is 8.78 Å². The van der Waals surface area contributed by atoms with Gasteiger partial charge in [0.05, 0.1) is 0 Å². The minimum atomic E-state index is -1.23. The number of fused-ring (bicyclic) bond motifs is 1. The molecule has 2 unspecified atom stereocenters. The molecular weight excluding hydrogens is 236 g/mol. The Morgan fingerprint density at radius 3 is 2.89 bits per heavy atom. The van der Waals surface area contributed by atoms with Crippen LogP contribution < -0.4 is 0 Å². The highest BCUT2D eigenvalue weighted by Crippen LogP contribution is 2.43. The third kappa shape index (κ3) is 1.75. The molecule has 2 atom stereocenters. The molecule has 0 saturated carbocycles. The quantitative estimate of drug-likeness (QED) is 0.830. The van der Waals surface area contributed by atoms with E-state index in [2.05, 4.69) is 4.90 Å². The minimum absolute atomic E-state index is 0.0671. The van der Waals surface area contributed by atoms with Crippen molar-refractivity contribution in [1.29, 1.82) is 0 Å². The number of hydrogen-bond donors (Lipinski definition) is 1. The molecule has 2 fully saturated rings. The van der Waals surface area contributed by atoms with Gasteiger partial charge in [-0.05, 0) is 44.0 Å². The number of halogens is 2. The molecule has 2 saturated heterocycles. The summed E-state index contributed by atoms with van der Waals surface area (Å²) in [5, 5.41) is 10.8. The van der Waals surface area contributed by atoms with Crippen molar-refractivity contribution < 1.29 is 13.9 Å². The van der Waals surface area contributed by atoms with Gasteiger partial charge in [0.25, 0.3) is 0 Å². The Balaban J connectivity index is 2.01. The van der Waals surface area contributed by atoms with Crippen molar-refractivity contribution in [3.63, 3.8) is 0 Å². The lowest BCUT2D eigenvalue weighted by Gasteiger charge is -2.37. The van der Waals surface area contributed by atoms with Crippen LogP contribution in [0, 0.1) is 11.6 Å². The molecule has 0 spiro atoms. The summed E-state index contributed by atoms with van der Waals surface area (Å²) in [7, 11) is 0. The van der Waals surface area contributed by atoms with Crippen LogP contribution >= 0.6 is 0 Å². The number of piperidine rings is 1. The van der Waals surface area contributed by atoms with Crippen molar-refractivity contribution in [2.75, 3.05) is 13.1 Å². The highest BCUT2D eigenvalue weighted by Gasteiger charge is 2.49. The molecule has 4 heteroatoms. The first-order valence-electron chi connectivity index (χ1n) is 6.53. The first-order chi connectivity index (χ1) is 8.61. The summed E-state index contributed by atoms with van der Waals surface area (Å²) in [5.41, 5.74) is -1.11. The Morgan fingerprint density at radius 1 is 1.22 bits per heavy atom. The van der Waals surface area contributed by atoms with Crippen LogP contribution in [0.1, 0.15) is 31.2 Å². The molecule has 1 N–H and O–H groups in total. The normalized spacial score (nSPS) is 32.5.